The Labute approximate surface area is 157 Å². The SMILES string of the molecule is Cc1ccc(-c2cc(C(=O)NCc3ccc(S(N)(=O)=O)cc3)[nH]n2)cc1C. The molecule has 4 N–H and O–H groups in total. The van der Waals surface area contributed by atoms with Gasteiger partial charge in [-0.2, -0.15) is 5.10 Å². The summed E-state index contributed by atoms with van der Waals surface area (Å²) in [4.78, 5) is 12.3. The van der Waals surface area contributed by atoms with Crippen LogP contribution in [0.2, 0.25) is 0 Å². The van der Waals surface area contributed by atoms with Gasteiger partial charge in [-0.3, -0.25) is 9.89 Å². The Hall–Kier alpha value is -2.97. The Morgan fingerprint density at radius 2 is 1.78 bits per heavy atom. The first-order valence-electron chi connectivity index (χ1n) is 8.27. The molecule has 0 radical (unpaired) electrons. The number of aryl methyl sites for hydroxylation is 2. The third-order valence-corrected chi connectivity index (χ3v) is 5.26. The standard InChI is InChI=1S/C19H20N4O3S/c1-12-3-6-15(9-13(12)2)17-10-18(23-22-17)19(24)21-11-14-4-7-16(8-5-14)27(20,25)26/h3-10H,11H2,1-2H3,(H,21,24)(H,22,23)(H2,20,25,26). The molecule has 3 aromatic rings. The van der Waals surface area contributed by atoms with Crippen LogP contribution in [-0.2, 0) is 16.6 Å². The van der Waals surface area contributed by atoms with Crippen molar-refractivity contribution < 1.29 is 13.2 Å². The molecule has 27 heavy (non-hydrogen) atoms. The maximum Gasteiger partial charge on any atom is 0.269 e. The van der Waals surface area contributed by atoms with Gasteiger partial charge in [-0.25, -0.2) is 13.6 Å². The summed E-state index contributed by atoms with van der Waals surface area (Å²) in [6.07, 6.45) is 0. The van der Waals surface area contributed by atoms with Gasteiger partial charge in [0.25, 0.3) is 5.91 Å². The first-order chi connectivity index (χ1) is 12.7. The smallest absolute Gasteiger partial charge is 0.269 e. The summed E-state index contributed by atoms with van der Waals surface area (Å²) in [6.45, 7) is 4.32. The summed E-state index contributed by atoms with van der Waals surface area (Å²) in [6, 6.07) is 13.7. The van der Waals surface area contributed by atoms with Gasteiger partial charge in [0.1, 0.15) is 5.69 Å². The van der Waals surface area contributed by atoms with E-state index in [4.69, 9.17) is 5.14 Å². The third-order valence-electron chi connectivity index (χ3n) is 4.33. The maximum absolute atomic E-state index is 12.3. The van der Waals surface area contributed by atoms with Gasteiger partial charge in [-0.1, -0.05) is 24.3 Å². The van der Waals surface area contributed by atoms with E-state index in [1.165, 1.54) is 17.7 Å². The maximum atomic E-state index is 12.3. The van der Waals surface area contributed by atoms with Crippen molar-refractivity contribution in [1.29, 1.82) is 0 Å². The molecule has 8 heteroatoms. The second-order valence-electron chi connectivity index (χ2n) is 6.34. The van der Waals surface area contributed by atoms with Crippen molar-refractivity contribution in [3.05, 3.63) is 70.9 Å². The zero-order valence-electron chi connectivity index (χ0n) is 15.0. The predicted octanol–water partition coefficient (Wildman–Crippen LogP) is 2.27. The molecule has 1 amide bonds. The first-order valence-corrected chi connectivity index (χ1v) is 9.81. The van der Waals surface area contributed by atoms with Crippen molar-refractivity contribution in [2.24, 2.45) is 5.14 Å². The van der Waals surface area contributed by atoms with E-state index >= 15 is 0 Å². The highest BCUT2D eigenvalue weighted by atomic mass is 32.2. The van der Waals surface area contributed by atoms with E-state index < -0.39 is 10.0 Å². The highest BCUT2D eigenvalue weighted by molar-refractivity contribution is 7.89. The van der Waals surface area contributed by atoms with Crippen LogP contribution in [0.15, 0.2) is 53.4 Å². The lowest BCUT2D eigenvalue weighted by Crippen LogP contribution is -2.23. The van der Waals surface area contributed by atoms with E-state index in [1.807, 2.05) is 32.0 Å². The van der Waals surface area contributed by atoms with Crippen LogP contribution < -0.4 is 10.5 Å². The molecule has 0 bridgehead atoms. The van der Waals surface area contributed by atoms with Crippen LogP contribution in [0, 0.1) is 13.8 Å². The molecule has 7 nitrogen and oxygen atoms in total. The van der Waals surface area contributed by atoms with E-state index in [0.717, 1.165) is 16.7 Å². The second-order valence-corrected chi connectivity index (χ2v) is 7.90. The Balaban J connectivity index is 1.67. The quantitative estimate of drug-likeness (QED) is 0.625. The van der Waals surface area contributed by atoms with Crippen LogP contribution >= 0.6 is 0 Å². The summed E-state index contributed by atoms with van der Waals surface area (Å²) >= 11 is 0. The number of hydrogen-bond donors (Lipinski definition) is 3. The number of sulfonamides is 1. The van der Waals surface area contributed by atoms with E-state index in [1.54, 1.807) is 18.2 Å². The summed E-state index contributed by atoms with van der Waals surface area (Å²) in [5.74, 6) is -0.298. The van der Waals surface area contributed by atoms with Crippen molar-refractivity contribution in [1.82, 2.24) is 15.5 Å². The number of benzene rings is 2. The largest absolute Gasteiger partial charge is 0.347 e. The molecule has 0 saturated heterocycles. The molecule has 0 atom stereocenters. The average Bonchev–Trinajstić information content (AvgIpc) is 3.12. The number of nitrogens with two attached hydrogens (primary N) is 1. The van der Waals surface area contributed by atoms with Gasteiger partial charge < -0.3 is 5.32 Å². The highest BCUT2D eigenvalue weighted by Gasteiger charge is 2.12. The minimum absolute atomic E-state index is 0.0316. The fourth-order valence-electron chi connectivity index (χ4n) is 2.56. The number of nitrogens with one attached hydrogen (secondary N) is 2. The first kappa shape index (κ1) is 18.8. The van der Waals surface area contributed by atoms with Gasteiger partial charge in [0.05, 0.1) is 10.6 Å². The van der Waals surface area contributed by atoms with E-state index in [9.17, 15) is 13.2 Å². The number of H-pyrrole nitrogens is 1. The molecule has 3 rings (SSSR count). The minimum atomic E-state index is -3.72. The monoisotopic (exact) mass is 384 g/mol. The van der Waals surface area contributed by atoms with Crippen LogP contribution in [0.1, 0.15) is 27.2 Å². The van der Waals surface area contributed by atoms with Gasteiger partial charge in [-0.05, 0) is 54.8 Å². The van der Waals surface area contributed by atoms with Gasteiger partial charge >= 0.3 is 0 Å². The van der Waals surface area contributed by atoms with Gasteiger partial charge in [0.2, 0.25) is 10.0 Å². The molecular weight excluding hydrogens is 364 g/mol. The number of rotatable bonds is 5. The molecule has 1 aromatic heterocycles. The molecular formula is C19H20N4O3S. The number of carbonyl (C=O) groups excluding carboxylic acids is 1. The van der Waals surface area contributed by atoms with Crippen LogP contribution in [0.5, 0.6) is 0 Å². The van der Waals surface area contributed by atoms with Crippen LogP contribution in [0.4, 0.5) is 0 Å². The fourth-order valence-corrected chi connectivity index (χ4v) is 3.08. The van der Waals surface area contributed by atoms with Crippen LogP contribution in [-0.4, -0.2) is 24.5 Å². The topological polar surface area (TPSA) is 118 Å². The molecule has 0 saturated carbocycles. The van der Waals surface area contributed by atoms with E-state index in [2.05, 4.69) is 15.5 Å². The van der Waals surface area contributed by atoms with E-state index in [-0.39, 0.29) is 17.3 Å². The van der Waals surface area contributed by atoms with Crippen LogP contribution in [0.25, 0.3) is 11.3 Å². The number of amides is 1. The fraction of sp³-hybridized carbons (Fsp3) is 0.158. The molecule has 0 unspecified atom stereocenters. The van der Waals surface area contributed by atoms with Crippen LogP contribution in [0.3, 0.4) is 0 Å². The Bertz CT molecular complexity index is 1090. The third kappa shape index (κ3) is 4.42. The summed E-state index contributed by atoms with van der Waals surface area (Å²) in [5.41, 5.74) is 5.09. The minimum Gasteiger partial charge on any atom is -0.347 e. The Morgan fingerprint density at radius 1 is 1.07 bits per heavy atom. The van der Waals surface area contributed by atoms with Crippen molar-refractivity contribution in [2.45, 2.75) is 25.3 Å². The lowest BCUT2D eigenvalue weighted by molar-refractivity contribution is 0.0946. The van der Waals surface area contributed by atoms with Crippen molar-refractivity contribution in [3.63, 3.8) is 0 Å². The van der Waals surface area contributed by atoms with Crippen molar-refractivity contribution in [3.8, 4) is 11.3 Å². The number of aromatic amines is 1. The summed E-state index contributed by atoms with van der Waals surface area (Å²) in [7, 11) is -3.72. The summed E-state index contributed by atoms with van der Waals surface area (Å²) in [5, 5.41) is 14.8. The zero-order valence-corrected chi connectivity index (χ0v) is 15.8. The molecule has 0 aliphatic heterocycles. The molecule has 0 aliphatic carbocycles. The normalized spacial score (nSPS) is 11.4. The number of aromatic nitrogens is 2. The predicted molar refractivity (Wildman–Crippen MR) is 102 cm³/mol. The van der Waals surface area contributed by atoms with Gasteiger partial charge in [-0.15, -0.1) is 0 Å². The lowest BCUT2D eigenvalue weighted by Gasteiger charge is -2.05. The molecule has 140 valence electrons. The zero-order chi connectivity index (χ0) is 19.6. The molecule has 0 fully saturated rings. The number of hydrogen-bond acceptors (Lipinski definition) is 4. The van der Waals surface area contributed by atoms with E-state index in [0.29, 0.717) is 11.4 Å². The lowest BCUT2D eigenvalue weighted by atomic mass is 10.0. The Morgan fingerprint density at radius 3 is 2.41 bits per heavy atom. The molecule has 0 aliphatic rings. The molecule has 1 heterocycles. The molecule has 0 spiro atoms. The number of nitrogens with zero attached hydrogens (tertiary/aromatic N) is 1. The van der Waals surface area contributed by atoms with Crippen molar-refractivity contribution >= 4 is 15.9 Å². The van der Waals surface area contributed by atoms with Gasteiger partial charge in [0, 0.05) is 12.1 Å². The van der Waals surface area contributed by atoms with Gasteiger partial charge in [0.15, 0.2) is 0 Å². The Kier molecular flexibility index (Phi) is 5.11. The molecule has 2 aromatic carbocycles. The highest BCUT2D eigenvalue weighted by Crippen LogP contribution is 2.21. The summed E-state index contributed by atoms with van der Waals surface area (Å²) < 4.78 is 22.5. The second kappa shape index (κ2) is 7.34. The van der Waals surface area contributed by atoms with Crippen molar-refractivity contribution in [2.75, 3.05) is 0 Å². The average molecular weight is 384 g/mol. The number of primary sulfonamides is 1. The number of carbonyl (C=O) groups is 1.